The average Bonchev–Trinajstić information content (AvgIpc) is 2.47. The van der Waals surface area contributed by atoms with Crippen molar-refractivity contribution in [1.82, 2.24) is 9.55 Å². The van der Waals surface area contributed by atoms with Crippen LogP contribution in [0.2, 0.25) is 0 Å². The Morgan fingerprint density at radius 1 is 1.38 bits per heavy atom. The number of nitrogens with zero attached hydrogens (tertiary/aromatic N) is 2. The number of aliphatic hydroxyl groups excluding tert-OH is 1. The molecule has 0 spiro atoms. The van der Waals surface area contributed by atoms with Gasteiger partial charge in [-0.3, -0.25) is 14.3 Å². The molecule has 0 unspecified atom stereocenters. The van der Waals surface area contributed by atoms with Crippen molar-refractivity contribution in [2.24, 2.45) is 0 Å². The smallest absolute Gasteiger partial charge is 0.276 e. The summed E-state index contributed by atoms with van der Waals surface area (Å²) < 4.78 is 12.2. The first-order valence-electron chi connectivity index (χ1n) is 6.56. The molecule has 0 saturated carbocycles. The SMILES string of the molecule is COc1cc(-n2ccnc(C)c2=O)ccc1OC[C@@H](C)O. The van der Waals surface area contributed by atoms with Gasteiger partial charge < -0.3 is 14.6 Å². The fourth-order valence-corrected chi connectivity index (χ4v) is 1.85. The van der Waals surface area contributed by atoms with Crippen LogP contribution in [0.15, 0.2) is 35.4 Å². The first-order valence-corrected chi connectivity index (χ1v) is 6.56. The number of benzene rings is 1. The van der Waals surface area contributed by atoms with Crippen LogP contribution in [-0.4, -0.2) is 34.5 Å². The third-order valence-electron chi connectivity index (χ3n) is 2.92. The minimum Gasteiger partial charge on any atom is -0.493 e. The van der Waals surface area contributed by atoms with Crippen molar-refractivity contribution in [3.8, 4) is 17.2 Å². The Morgan fingerprint density at radius 2 is 2.14 bits per heavy atom. The Labute approximate surface area is 122 Å². The number of aryl methyl sites for hydroxylation is 1. The highest BCUT2D eigenvalue weighted by Crippen LogP contribution is 2.29. The zero-order chi connectivity index (χ0) is 15.4. The van der Waals surface area contributed by atoms with E-state index in [-0.39, 0.29) is 12.2 Å². The zero-order valence-electron chi connectivity index (χ0n) is 12.2. The Morgan fingerprint density at radius 3 is 2.81 bits per heavy atom. The lowest BCUT2D eigenvalue weighted by atomic mass is 10.2. The molecule has 1 aromatic carbocycles. The van der Waals surface area contributed by atoms with Gasteiger partial charge in [-0.1, -0.05) is 0 Å². The summed E-state index contributed by atoms with van der Waals surface area (Å²) in [6.45, 7) is 3.47. The predicted molar refractivity (Wildman–Crippen MR) is 78.3 cm³/mol. The van der Waals surface area contributed by atoms with Gasteiger partial charge in [-0.15, -0.1) is 0 Å². The molecule has 112 valence electrons. The Balaban J connectivity index is 2.39. The molecule has 0 saturated heterocycles. The van der Waals surface area contributed by atoms with Gasteiger partial charge in [-0.2, -0.15) is 0 Å². The van der Waals surface area contributed by atoms with Crippen molar-refractivity contribution in [3.05, 3.63) is 46.6 Å². The Kier molecular flexibility index (Phi) is 4.59. The van der Waals surface area contributed by atoms with Crippen molar-refractivity contribution in [2.45, 2.75) is 20.0 Å². The van der Waals surface area contributed by atoms with Crippen LogP contribution in [0.1, 0.15) is 12.6 Å². The van der Waals surface area contributed by atoms with E-state index in [0.29, 0.717) is 22.9 Å². The molecule has 0 bridgehead atoms. The second kappa shape index (κ2) is 6.41. The Bertz CT molecular complexity index is 680. The second-order valence-electron chi connectivity index (χ2n) is 4.68. The van der Waals surface area contributed by atoms with Gasteiger partial charge in [-0.25, -0.2) is 0 Å². The lowest BCUT2D eigenvalue weighted by Gasteiger charge is -2.14. The number of aliphatic hydroxyl groups is 1. The summed E-state index contributed by atoms with van der Waals surface area (Å²) in [5.41, 5.74) is 0.898. The number of rotatable bonds is 5. The third-order valence-corrected chi connectivity index (χ3v) is 2.92. The van der Waals surface area contributed by atoms with Crippen molar-refractivity contribution >= 4 is 0 Å². The first kappa shape index (κ1) is 15.1. The molecule has 21 heavy (non-hydrogen) atoms. The lowest BCUT2D eigenvalue weighted by Crippen LogP contribution is -2.21. The molecule has 1 aromatic heterocycles. The van der Waals surface area contributed by atoms with Gasteiger partial charge in [0.25, 0.3) is 5.56 Å². The number of hydrogen-bond acceptors (Lipinski definition) is 5. The molecule has 0 fully saturated rings. The van der Waals surface area contributed by atoms with E-state index in [1.165, 1.54) is 11.7 Å². The maximum Gasteiger partial charge on any atom is 0.276 e. The molecule has 1 heterocycles. The molecule has 0 aliphatic carbocycles. The molecule has 0 aliphatic rings. The van der Waals surface area contributed by atoms with E-state index >= 15 is 0 Å². The molecule has 1 N–H and O–H groups in total. The first-order chi connectivity index (χ1) is 10.0. The monoisotopic (exact) mass is 290 g/mol. The summed E-state index contributed by atoms with van der Waals surface area (Å²) in [5.74, 6) is 1.01. The van der Waals surface area contributed by atoms with E-state index in [4.69, 9.17) is 9.47 Å². The van der Waals surface area contributed by atoms with Crippen LogP contribution in [0.3, 0.4) is 0 Å². The van der Waals surface area contributed by atoms with Crippen LogP contribution in [0.25, 0.3) is 5.69 Å². The van der Waals surface area contributed by atoms with E-state index in [0.717, 1.165) is 0 Å². The van der Waals surface area contributed by atoms with Gasteiger partial charge in [0, 0.05) is 18.5 Å². The average molecular weight is 290 g/mol. The fraction of sp³-hybridized carbons (Fsp3) is 0.333. The fourth-order valence-electron chi connectivity index (χ4n) is 1.85. The summed E-state index contributed by atoms with van der Waals surface area (Å²) in [7, 11) is 1.52. The number of ether oxygens (including phenoxy) is 2. The van der Waals surface area contributed by atoms with Crippen LogP contribution in [0, 0.1) is 6.92 Å². The second-order valence-corrected chi connectivity index (χ2v) is 4.68. The normalized spacial score (nSPS) is 12.0. The molecule has 6 nitrogen and oxygen atoms in total. The largest absolute Gasteiger partial charge is 0.493 e. The molecule has 0 radical (unpaired) electrons. The van der Waals surface area contributed by atoms with Gasteiger partial charge in [0.1, 0.15) is 12.3 Å². The molecular weight excluding hydrogens is 272 g/mol. The molecule has 0 aliphatic heterocycles. The maximum absolute atomic E-state index is 12.1. The van der Waals surface area contributed by atoms with E-state index in [1.807, 2.05) is 0 Å². The molecule has 6 heteroatoms. The minimum absolute atomic E-state index is 0.171. The van der Waals surface area contributed by atoms with Gasteiger partial charge in [-0.05, 0) is 26.0 Å². The van der Waals surface area contributed by atoms with E-state index in [2.05, 4.69) is 4.98 Å². The molecule has 1 atom stereocenters. The quantitative estimate of drug-likeness (QED) is 0.898. The standard InChI is InChI=1S/C15H18N2O4/c1-10(18)9-21-13-5-4-12(8-14(13)20-3)17-7-6-16-11(2)15(17)19/h4-8,10,18H,9H2,1-3H3/t10-/m1/s1. The number of aromatic nitrogens is 2. The van der Waals surface area contributed by atoms with E-state index in [9.17, 15) is 9.90 Å². The molecule has 2 aromatic rings. The summed E-state index contributed by atoms with van der Waals surface area (Å²) in [6, 6.07) is 5.16. The van der Waals surface area contributed by atoms with Crippen LogP contribution in [-0.2, 0) is 0 Å². The predicted octanol–water partition coefficient (Wildman–Crippen LogP) is 1.31. The van der Waals surface area contributed by atoms with Crippen molar-refractivity contribution in [1.29, 1.82) is 0 Å². The van der Waals surface area contributed by atoms with Crippen LogP contribution < -0.4 is 15.0 Å². The summed E-state index contributed by atoms with van der Waals surface area (Å²) in [4.78, 5) is 16.0. The molecule has 2 rings (SSSR count). The summed E-state index contributed by atoms with van der Waals surface area (Å²) in [6.07, 6.45) is 2.60. The number of methoxy groups -OCH3 is 1. The summed E-state index contributed by atoms with van der Waals surface area (Å²) >= 11 is 0. The van der Waals surface area contributed by atoms with Gasteiger partial charge in [0.2, 0.25) is 0 Å². The van der Waals surface area contributed by atoms with Crippen LogP contribution >= 0.6 is 0 Å². The topological polar surface area (TPSA) is 73.6 Å². The highest BCUT2D eigenvalue weighted by atomic mass is 16.5. The maximum atomic E-state index is 12.1. The van der Waals surface area contributed by atoms with Crippen molar-refractivity contribution in [3.63, 3.8) is 0 Å². The van der Waals surface area contributed by atoms with Crippen molar-refractivity contribution in [2.75, 3.05) is 13.7 Å². The zero-order valence-corrected chi connectivity index (χ0v) is 12.2. The van der Waals surface area contributed by atoms with Crippen LogP contribution in [0.5, 0.6) is 11.5 Å². The van der Waals surface area contributed by atoms with E-state index in [1.54, 1.807) is 44.4 Å². The van der Waals surface area contributed by atoms with Crippen LogP contribution in [0.4, 0.5) is 0 Å². The minimum atomic E-state index is -0.570. The van der Waals surface area contributed by atoms with Gasteiger partial charge >= 0.3 is 0 Å². The number of hydrogen-bond donors (Lipinski definition) is 1. The molecular formula is C15H18N2O4. The van der Waals surface area contributed by atoms with Gasteiger partial charge in [0.15, 0.2) is 11.5 Å². The van der Waals surface area contributed by atoms with Gasteiger partial charge in [0.05, 0.1) is 18.9 Å². The molecule has 0 amide bonds. The Hall–Kier alpha value is -2.34. The van der Waals surface area contributed by atoms with Crippen molar-refractivity contribution < 1.29 is 14.6 Å². The summed E-state index contributed by atoms with van der Waals surface area (Å²) in [5, 5.41) is 9.26. The highest BCUT2D eigenvalue weighted by Gasteiger charge is 2.09. The third kappa shape index (κ3) is 3.41. The highest BCUT2D eigenvalue weighted by molar-refractivity contribution is 5.49. The lowest BCUT2D eigenvalue weighted by molar-refractivity contribution is 0.120. The van der Waals surface area contributed by atoms with E-state index < -0.39 is 6.10 Å².